The van der Waals surface area contributed by atoms with Gasteiger partial charge in [-0.1, -0.05) is 6.07 Å². The second-order valence-electron chi connectivity index (χ2n) is 4.07. The summed E-state index contributed by atoms with van der Waals surface area (Å²) < 4.78 is 0. The lowest BCUT2D eigenvalue weighted by Gasteiger charge is -2.12. The molecule has 0 atom stereocenters. The number of benzene rings is 1. The molecule has 0 aliphatic rings. The molecule has 96 valence electrons. The Morgan fingerprint density at radius 3 is 2.78 bits per heavy atom. The Morgan fingerprint density at radius 2 is 2.22 bits per heavy atom. The summed E-state index contributed by atoms with van der Waals surface area (Å²) in [7, 11) is 0. The Hall–Kier alpha value is -1.67. The SMILES string of the molecule is CSc1cccc(NCC(=O)NC(C)C)c1C#N. The summed E-state index contributed by atoms with van der Waals surface area (Å²) >= 11 is 1.52. The molecule has 1 aromatic carbocycles. The highest BCUT2D eigenvalue weighted by atomic mass is 32.2. The molecule has 2 N–H and O–H groups in total. The molecule has 0 heterocycles. The van der Waals surface area contributed by atoms with Crippen LogP contribution in [0.15, 0.2) is 23.1 Å². The first-order valence-corrected chi connectivity index (χ1v) is 6.91. The number of amides is 1. The molecule has 1 rings (SSSR count). The summed E-state index contributed by atoms with van der Waals surface area (Å²) in [6.07, 6.45) is 1.92. The maximum atomic E-state index is 11.5. The average Bonchev–Trinajstić information content (AvgIpc) is 2.34. The zero-order valence-electron chi connectivity index (χ0n) is 10.8. The third kappa shape index (κ3) is 3.97. The Balaban J connectivity index is 2.74. The first-order valence-electron chi connectivity index (χ1n) is 5.68. The van der Waals surface area contributed by atoms with Crippen LogP contribution in [0.25, 0.3) is 0 Å². The van der Waals surface area contributed by atoms with Gasteiger partial charge in [0.25, 0.3) is 0 Å². The molecule has 0 aromatic heterocycles. The van der Waals surface area contributed by atoms with E-state index in [0.717, 1.165) is 4.90 Å². The van der Waals surface area contributed by atoms with Gasteiger partial charge in [0.1, 0.15) is 6.07 Å². The molecule has 0 saturated carbocycles. The van der Waals surface area contributed by atoms with Crippen molar-refractivity contribution >= 4 is 23.4 Å². The van der Waals surface area contributed by atoms with Gasteiger partial charge in [0.15, 0.2) is 0 Å². The quantitative estimate of drug-likeness (QED) is 0.799. The number of anilines is 1. The number of carbonyl (C=O) groups excluding carboxylic acids is 1. The van der Waals surface area contributed by atoms with Crippen molar-refractivity contribution in [2.75, 3.05) is 18.1 Å². The molecule has 1 amide bonds. The van der Waals surface area contributed by atoms with Gasteiger partial charge in [-0.3, -0.25) is 4.79 Å². The zero-order chi connectivity index (χ0) is 13.5. The van der Waals surface area contributed by atoms with Crippen molar-refractivity contribution in [3.8, 4) is 6.07 Å². The van der Waals surface area contributed by atoms with Gasteiger partial charge in [-0.2, -0.15) is 5.26 Å². The van der Waals surface area contributed by atoms with E-state index in [9.17, 15) is 4.79 Å². The molecular formula is C13H17N3OS. The molecule has 0 fully saturated rings. The highest BCUT2D eigenvalue weighted by molar-refractivity contribution is 7.98. The molecule has 18 heavy (non-hydrogen) atoms. The van der Waals surface area contributed by atoms with Crippen LogP contribution in [0.3, 0.4) is 0 Å². The number of nitrogens with zero attached hydrogens (tertiary/aromatic N) is 1. The van der Waals surface area contributed by atoms with Gasteiger partial charge in [-0.15, -0.1) is 11.8 Å². The first-order chi connectivity index (χ1) is 8.58. The van der Waals surface area contributed by atoms with Gasteiger partial charge in [0.05, 0.1) is 17.8 Å². The Bertz CT molecular complexity index is 466. The van der Waals surface area contributed by atoms with Crippen LogP contribution in [0, 0.1) is 11.3 Å². The molecule has 1 aromatic rings. The third-order valence-electron chi connectivity index (χ3n) is 2.25. The van der Waals surface area contributed by atoms with Crippen molar-refractivity contribution in [1.82, 2.24) is 5.32 Å². The predicted molar refractivity (Wildman–Crippen MR) is 74.7 cm³/mol. The van der Waals surface area contributed by atoms with Crippen LogP contribution >= 0.6 is 11.8 Å². The maximum Gasteiger partial charge on any atom is 0.239 e. The van der Waals surface area contributed by atoms with Crippen LogP contribution in [0.1, 0.15) is 19.4 Å². The molecule has 0 aliphatic carbocycles. The normalized spacial score (nSPS) is 9.94. The van der Waals surface area contributed by atoms with Crippen LogP contribution in [0.4, 0.5) is 5.69 Å². The Labute approximate surface area is 112 Å². The summed E-state index contributed by atoms with van der Waals surface area (Å²) in [5.41, 5.74) is 1.28. The molecule has 4 nitrogen and oxygen atoms in total. The fraction of sp³-hybridized carbons (Fsp3) is 0.385. The first kappa shape index (κ1) is 14.4. The lowest BCUT2D eigenvalue weighted by atomic mass is 10.2. The van der Waals surface area contributed by atoms with Crippen LogP contribution < -0.4 is 10.6 Å². The second-order valence-corrected chi connectivity index (χ2v) is 4.92. The molecule has 0 unspecified atom stereocenters. The fourth-order valence-corrected chi connectivity index (χ4v) is 2.09. The molecule has 0 aliphatic heterocycles. The number of hydrogen-bond donors (Lipinski definition) is 2. The number of rotatable bonds is 5. The number of nitrogens with one attached hydrogen (secondary N) is 2. The van der Waals surface area contributed by atoms with Crippen molar-refractivity contribution in [3.05, 3.63) is 23.8 Å². The lowest BCUT2D eigenvalue weighted by molar-refractivity contribution is -0.119. The minimum atomic E-state index is -0.0801. The molecule has 0 radical (unpaired) electrons. The van der Waals surface area contributed by atoms with Crippen LogP contribution in [0.5, 0.6) is 0 Å². The van der Waals surface area contributed by atoms with E-state index in [1.807, 2.05) is 32.2 Å². The largest absolute Gasteiger partial charge is 0.375 e. The van der Waals surface area contributed by atoms with Gasteiger partial charge >= 0.3 is 0 Å². The van der Waals surface area contributed by atoms with Gasteiger partial charge in [-0.25, -0.2) is 0 Å². The highest BCUT2D eigenvalue weighted by Gasteiger charge is 2.08. The standard InChI is InChI=1S/C13H17N3OS/c1-9(2)16-13(17)8-15-11-5-4-6-12(18-3)10(11)7-14/h4-6,9,15H,8H2,1-3H3,(H,16,17). The summed E-state index contributed by atoms with van der Waals surface area (Å²) in [5, 5.41) is 14.9. The number of carbonyl (C=O) groups is 1. The van der Waals surface area contributed by atoms with Crippen LogP contribution in [-0.4, -0.2) is 24.7 Å². The van der Waals surface area contributed by atoms with E-state index >= 15 is 0 Å². The van der Waals surface area contributed by atoms with E-state index in [4.69, 9.17) is 5.26 Å². The number of hydrogen-bond acceptors (Lipinski definition) is 4. The molecule has 0 bridgehead atoms. The van der Waals surface area contributed by atoms with Crippen molar-refractivity contribution in [1.29, 1.82) is 5.26 Å². The minimum absolute atomic E-state index is 0.0801. The van der Waals surface area contributed by atoms with Crippen LogP contribution in [0.2, 0.25) is 0 Å². The van der Waals surface area contributed by atoms with Gasteiger partial charge in [-0.05, 0) is 32.2 Å². The molecule has 0 spiro atoms. The van der Waals surface area contributed by atoms with Crippen molar-refractivity contribution < 1.29 is 4.79 Å². The number of thioether (sulfide) groups is 1. The van der Waals surface area contributed by atoms with Crippen LogP contribution in [-0.2, 0) is 4.79 Å². The fourth-order valence-electron chi connectivity index (χ4n) is 1.51. The summed E-state index contributed by atoms with van der Waals surface area (Å²) in [5.74, 6) is -0.0801. The van der Waals surface area contributed by atoms with Gasteiger partial charge in [0.2, 0.25) is 5.91 Å². The van der Waals surface area contributed by atoms with Crippen molar-refractivity contribution in [3.63, 3.8) is 0 Å². The van der Waals surface area contributed by atoms with Gasteiger partial charge < -0.3 is 10.6 Å². The topological polar surface area (TPSA) is 64.9 Å². The smallest absolute Gasteiger partial charge is 0.239 e. The van der Waals surface area contributed by atoms with Crippen molar-refractivity contribution in [2.24, 2.45) is 0 Å². The molecule has 5 heteroatoms. The Kier molecular flexibility index (Phi) is 5.53. The van der Waals surface area contributed by atoms with E-state index in [-0.39, 0.29) is 18.5 Å². The second kappa shape index (κ2) is 6.92. The lowest BCUT2D eigenvalue weighted by Crippen LogP contribution is -2.34. The predicted octanol–water partition coefficient (Wildman–Crippen LogP) is 2.22. The van der Waals surface area contributed by atoms with E-state index in [1.165, 1.54) is 11.8 Å². The molecular weight excluding hydrogens is 246 g/mol. The van der Waals surface area contributed by atoms with E-state index < -0.39 is 0 Å². The monoisotopic (exact) mass is 263 g/mol. The van der Waals surface area contributed by atoms with Gasteiger partial charge in [0, 0.05) is 10.9 Å². The zero-order valence-corrected chi connectivity index (χ0v) is 11.6. The van der Waals surface area contributed by atoms with Crippen molar-refractivity contribution in [2.45, 2.75) is 24.8 Å². The summed E-state index contributed by atoms with van der Waals surface area (Å²) in [4.78, 5) is 12.4. The molecule has 0 saturated heterocycles. The highest BCUT2D eigenvalue weighted by Crippen LogP contribution is 2.25. The maximum absolute atomic E-state index is 11.5. The third-order valence-corrected chi connectivity index (χ3v) is 3.03. The van der Waals surface area contributed by atoms with E-state index in [1.54, 1.807) is 6.07 Å². The number of nitriles is 1. The van der Waals surface area contributed by atoms with E-state index in [0.29, 0.717) is 11.3 Å². The summed E-state index contributed by atoms with van der Waals surface area (Å²) in [6, 6.07) is 7.85. The Morgan fingerprint density at radius 1 is 1.50 bits per heavy atom. The average molecular weight is 263 g/mol. The summed E-state index contributed by atoms with van der Waals surface area (Å²) in [6.45, 7) is 3.99. The minimum Gasteiger partial charge on any atom is -0.375 e. The van der Waals surface area contributed by atoms with E-state index in [2.05, 4.69) is 16.7 Å².